The molecule has 0 fully saturated rings. The molecule has 2 heterocycles. The number of ketones is 1. The van der Waals surface area contributed by atoms with Crippen LogP contribution in [0.4, 0.5) is 0 Å². The maximum Gasteiger partial charge on any atom is 0.140 e. The van der Waals surface area contributed by atoms with Gasteiger partial charge < -0.3 is 5.73 Å². The number of terminal acetylenes is 1. The first-order chi connectivity index (χ1) is 12.5. The molecule has 0 aliphatic carbocycles. The van der Waals surface area contributed by atoms with Crippen molar-refractivity contribution in [3.63, 3.8) is 0 Å². The highest BCUT2D eigenvalue weighted by Gasteiger charge is 2.43. The van der Waals surface area contributed by atoms with E-state index in [1.807, 2.05) is 26.0 Å². The summed E-state index contributed by atoms with van der Waals surface area (Å²) in [7, 11) is 0. The van der Waals surface area contributed by atoms with E-state index in [0.29, 0.717) is 18.7 Å². The van der Waals surface area contributed by atoms with Crippen molar-refractivity contribution in [3.05, 3.63) is 51.6 Å². The monoisotopic (exact) mass is 458 g/mol. The number of nitrogens with two attached hydrogens (primary N) is 1. The summed E-state index contributed by atoms with van der Waals surface area (Å²) in [4.78, 5) is 17.7. The molecule has 1 unspecified atom stereocenters. The third kappa shape index (κ3) is 3.59. The summed E-state index contributed by atoms with van der Waals surface area (Å²) < 4.78 is 4.53. The largest absolute Gasteiger partial charge is 0.387 e. The Morgan fingerprint density at radius 2 is 2.27 bits per heavy atom. The summed E-state index contributed by atoms with van der Waals surface area (Å²) in [6, 6.07) is 8.29. The highest BCUT2D eigenvalue weighted by molar-refractivity contribution is 14.2. The van der Waals surface area contributed by atoms with Crippen molar-refractivity contribution >= 4 is 41.9 Å². The summed E-state index contributed by atoms with van der Waals surface area (Å²) in [6.45, 7) is 3.94. The predicted octanol–water partition coefficient (Wildman–Crippen LogP) is 4.19. The average molecular weight is 458 g/mol. The third-order valence-electron chi connectivity index (χ3n) is 5.14. The van der Waals surface area contributed by atoms with Crippen LogP contribution in [-0.2, 0) is 10.3 Å². The van der Waals surface area contributed by atoms with Gasteiger partial charge in [0.1, 0.15) is 5.78 Å². The van der Waals surface area contributed by atoms with Gasteiger partial charge in [-0.15, -0.1) is 12.3 Å². The summed E-state index contributed by atoms with van der Waals surface area (Å²) in [6.07, 6.45) is 10.6. The quantitative estimate of drug-likeness (QED) is 0.546. The van der Waals surface area contributed by atoms with Crippen LogP contribution in [0.15, 0.2) is 45.5 Å². The number of carbonyl (C=O) groups excluding carboxylic acids is 1. The van der Waals surface area contributed by atoms with Crippen LogP contribution < -0.4 is 5.73 Å². The molecular formula is C22H23IN2O. The molecule has 0 bridgehead atoms. The zero-order chi connectivity index (χ0) is 18.7. The van der Waals surface area contributed by atoms with E-state index in [9.17, 15) is 4.79 Å². The van der Waals surface area contributed by atoms with Crippen LogP contribution >= 0.6 is 20.7 Å². The maximum absolute atomic E-state index is 12.9. The highest BCUT2D eigenvalue weighted by Crippen LogP contribution is 2.41. The number of benzene rings is 1. The number of Topliss-reactive ketones (excluding diaryl/α,β-unsaturated/α-hetero) is 1. The van der Waals surface area contributed by atoms with Crippen LogP contribution in [0.3, 0.4) is 0 Å². The van der Waals surface area contributed by atoms with E-state index in [1.165, 1.54) is 5.57 Å². The number of aliphatic imine (C=N–C) groups is 1. The summed E-state index contributed by atoms with van der Waals surface area (Å²) >= 11 is -0.0318. The van der Waals surface area contributed by atoms with E-state index in [4.69, 9.17) is 17.1 Å². The molecule has 0 amide bonds. The number of allylic oxidation sites excluding steroid dienone is 3. The Hall–Kier alpha value is -2.00. The van der Waals surface area contributed by atoms with Crippen LogP contribution in [-0.4, -0.2) is 15.6 Å². The van der Waals surface area contributed by atoms with Crippen LogP contribution in [0.25, 0.3) is 5.57 Å². The third-order valence-corrected chi connectivity index (χ3v) is 7.01. The number of halogens is 1. The summed E-state index contributed by atoms with van der Waals surface area (Å²) in [5, 5.41) is 0. The summed E-state index contributed by atoms with van der Waals surface area (Å²) in [5.41, 5.74) is 8.83. The van der Waals surface area contributed by atoms with Crippen LogP contribution in [0.2, 0.25) is 0 Å². The molecule has 1 aromatic rings. The van der Waals surface area contributed by atoms with Gasteiger partial charge in [-0.25, -0.2) is 0 Å². The first kappa shape index (κ1) is 18.8. The van der Waals surface area contributed by atoms with E-state index >= 15 is 0 Å². The second kappa shape index (κ2) is 7.71. The van der Waals surface area contributed by atoms with Crippen LogP contribution in [0, 0.1) is 24.2 Å². The fraction of sp³-hybridized carbons (Fsp3) is 0.318. The second-order valence-electron chi connectivity index (χ2n) is 6.97. The molecule has 2 aliphatic rings. The minimum absolute atomic E-state index is 0.0318. The van der Waals surface area contributed by atoms with Gasteiger partial charge in [-0.2, -0.15) is 0 Å². The molecule has 134 valence electrons. The molecule has 0 saturated carbocycles. The molecule has 3 rings (SSSR count). The molecule has 2 N–H and O–H groups in total. The lowest BCUT2D eigenvalue weighted by molar-refractivity contribution is -0.124. The van der Waals surface area contributed by atoms with E-state index in [-0.39, 0.29) is 38.3 Å². The standard InChI is InChI=1S/C22H23IN2O/c1-4-7-19-20(26)12-15(2)21(24)25-22(19,3)18-10-5-8-16(13-18)17-9-6-11-23-14-17/h1,5-6,8-11,13-15,19H,7,12H2,2-3H3,(H2,24,25)/t15?,19-,22+/m0/s1. The Morgan fingerprint density at radius 3 is 2.96 bits per heavy atom. The lowest BCUT2D eigenvalue weighted by atomic mass is 9.75. The summed E-state index contributed by atoms with van der Waals surface area (Å²) in [5.74, 6) is 2.93. The van der Waals surface area contributed by atoms with E-state index < -0.39 is 5.54 Å². The molecule has 3 nitrogen and oxygen atoms in total. The van der Waals surface area contributed by atoms with Crippen molar-refractivity contribution in [1.29, 1.82) is 0 Å². The Kier molecular flexibility index (Phi) is 5.57. The van der Waals surface area contributed by atoms with Crippen molar-refractivity contribution in [2.75, 3.05) is 0 Å². The Bertz CT molecular complexity index is 888. The van der Waals surface area contributed by atoms with Gasteiger partial charge >= 0.3 is 0 Å². The first-order valence-electron chi connectivity index (χ1n) is 8.70. The molecule has 1 aromatic carbocycles. The number of carbonyl (C=O) groups is 1. The number of amidine groups is 1. The van der Waals surface area contributed by atoms with Gasteiger partial charge in [0.25, 0.3) is 0 Å². The minimum Gasteiger partial charge on any atom is -0.387 e. The lowest BCUT2D eigenvalue weighted by Crippen LogP contribution is -2.35. The first-order valence-corrected chi connectivity index (χ1v) is 11.2. The van der Waals surface area contributed by atoms with Gasteiger partial charge in [0.15, 0.2) is 0 Å². The Labute approximate surface area is 165 Å². The molecule has 4 heteroatoms. The molecule has 0 aromatic heterocycles. The molecule has 26 heavy (non-hydrogen) atoms. The predicted molar refractivity (Wildman–Crippen MR) is 118 cm³/mol. The van der Waals surface area contributed by atoms with Gasteiger partial charge in [-0.3, -0.25) is 9.79 Å². The van der Waals surface area contributed by atoms with E-state index in [0.717, 1.165) is 11.1 Å². The second-order valence-corrected chi connectivity index (χ2v) is 9.03. The topological polar surface area (TPSA) is 55.5 Å². The SMILES string of the molecule is C#CC[C@H]1C(=O)CC(C)C(N)=N[C@]1(C)c1cccc(C2=CI=CC=C2)c1. The zero-order valence-corrected chi connectivity index (χ0v) is 17.2. The van der Waals surface area contributed by atoms with E-state index in [1.54, 1.807) is 0 Å². The van der Waals surface area contributed by atoms with Crippen molar-refractivity contribution in [3.8, 4) is 12.3 Å². The van der Waals surface area contributed by atoms with Crippen LogP contribution in [0.5, 0.6) is 0 Å². The molecule has 0 spiro atoms. The Morgan fingerprint density at radius 1 is 1.46 bits per heavy atom. The van der Waals surface area contributed by atoms with Crippen molar-refractivity contribution in [2.45, 2.75) is 32.2 Å². The molecule has 2 aliphatic heterocycles. The zero-order valence-electron chi connectivity index (χ0n) is 15.1. The van der Waals surface area contributed by atoms with Crippen molar-refractivity contribution in [2.24, 2.45) is 22.6 Å². The van der Waals surface area contributed by atoms with Gasteiger partial charge in [-0.1, -0.05) is 58.0 Å². The number of rotatable bonds is 3. The van der Waals surface area contributed by atoms with Crippen LogP contribution in [0.1, 0.15) is 37.8 Å². The average Bonchev–Trinajstić information content (AvgIpc) is 2.73. The normalized spacial score (nSPS) is 28.4. The van der Waals surface area contributed by atoms with Gasteiger partial charge in [-0.05, 0) is 37.8 Å². The van der Waals surface area contributed by atoms with Crippen molar-refractivity contribution in [1.82, 2.24) is 0 Å². The fourth-order valence-electron chi connectivity index (χ4n) is 3.51. The minimum atomic E-state index is -0.742. The maximum atomic E-state index is 12.9. The molecule has 0 radical (unpaired) electrons. The Balaban J connectivity index is 2.13. The lowest BCUT2D eigenvalue weighted by Gasteiger charge is -2.32. The molecule has 0 saturated heterocycles. The smallest absolute Gasteiger partial charge is 0.140 e. The number of hydrogen-bond donors (Lipinski definition) is 1. The van der Waals surface area contributed by atoms with Gasteiger partial charge in [0, 0.05) is 18.8 Å². The van der Waals surface area contributed by atoms with Gasteiger partial charge in [0.2, 0.25) is 0 Å². The van der Waals surface area contributed by atoms with Crippen molar-refractivity contribution < 1.29 is 4.79 Å². The fourth-order valence-corrected chi connectivity index (χ4v) is 5.12. The molecule has 3 atom stereocenters. The number of hydrogen-bond acceptors (Lipinski definition) is 3. The van der Waals surface area contributed by atoms with E-state index in [2.05, 4.69) is 38.3 Å². The number of nitrogens with zero attached hydrogens (tertiary/aromatic N) is 1. The highest BCUT2D eigenvalue weighted by atomic mass is 127. The van der Waals surface area contributed by atoms with Gasteiger partial charge in [0.05, 0.1) is 17.3 Å². The molecular weight excluding hydrogens is 435 g/mol.